The van der Waals surface area contributed by atoms with Gasteiger partial charge in [0.2, 0.25) is 5.91 Å². The number of hydrogen-bond acceptors (Lipinski definition) is 3. The quantitative estimate of drug-likeness (QED) is 0.777. The summed E-state index contributed by atoms with van der Waals surface area (Å²) in [7, 11) is 0. The molecule has 2 aliphatic heterocycles. The van der Waals surface area contributed by atoms with E-state index in [-0.39, 0.29) is 5.41 Å². The van der Waals surface area contributed by atoms with Crippen LogP contribution in [0.25, 0.3) is 0 Å². The molecule has 3 aliphatic rings. The molecule has 1 aromatic rings. The van der Waals surface area contributed by atoms with E-state index in [0.717, 1.165) is 43.4 Å². The Balaban J connectivity index is 1.31. The Morgan fingerprint density at radius 3 is 2.81 bits per heavy atom. The molecule has 2 fully saturated rings. The third kappa shape index (κ3) is 4.01. The van der Waals surface area contributed by atoms with Crippen LogP contribution >= 0.6 is 0 Å². The third-order valence-electron chi connectivity index (χ3n) is 6.51. The lowest BCUT2D eigenvalue weighted by atomic mass is 9.77. The third-order valence-corrected chi connectivity index (χ3v) is 6.51. The highest BCUT2D eigenvalue weighted by atomic mass is 16.2. The summed E-state index contributed by atoms with van der Waals surface area (Å²) in [6, 6.07) is 6.08. The van der Waals surface area contributed by atoms with Crippen LogP contribution in [-0.4, -0.2) is 46.9 Å². The molecule has 0 N–H and O–H groups in total. The second kappa shape index (κ2) is 7.51. The van der Waals surface area contributed by atoms with Gasteiger partial charge >= 0.3 is 0 Å². The molecule has 0 aromatic carbocycles. The van der Waals surface area contributed by atoms with Crippen molar-refractivity contribution in [3.05, 3.63) is 41.7 Å². The SMILES string of the molecule is Cc1cccc(CN2CC3(CCN(C[C@@H]4CC=CCC4)CC3)CC2=O)n1. The summed E-state index contributed by atoms with van der Waals surface area (Å²) in [6.07, 6.45) is 11.6. The van der Waals surface area contributed by atoms with Crippen LogP contribution < -0.4 is 0 Å². The van der Waals surface area contributed by atoms with E-state index in [0.29, 0.717) is 12.5 Å². The second-order valence-electron chi connectivity index (χ2n) is 8.65. The molecule has 0 radical (unpaired) electrons. The standard InChI is InChI=1S/C22H31N3O/c1-18-6-5-9-20(23-18)16-25-17-22(14-21(25)26)10-12-24(13-11-22)15-19-7-3-2-4-8-19/h2-3,5-6,9,19H,4,7-8,10-17H2,1H3/t19-/m1/s1. The van der Waals surface area contributed by atoms with E-state index in [9.17, 15) is 4.79 Å². The van der Waals surface area contributed by atoms with E-state index >= 15 is 0 Å². The fourth-order valence-electron chi connectivity index (χ4n) is 4.94. The van der Waals surface area contributed by atoms with E-state index in [1.807, 2.05) is 30.0 Å². The molecule has 140 valence electrons. The number of nitrogens with zero attached hydrogens (tertiary/aromatic N) is 3. The summed E-state index contributed by atoms with van der Waals surface area (Å²) in [5.74, 6) is 1.15. The number of carbonyl (C=O) groups excluding carboxylic acids is 1. The van der Waals surface area contributed by atoms with Crippen LogP contribution in [0.15, 0.2) is 30.4 Å². The zero-order chi connectivity index (χ0) is 18.0. The topological polar surface area (TPSA) is 36.4 Å². The first kappa shape index (κ1) is 17.7. The molecule has 26 heavy (non-hydrogen) atoms. The van der Waals surface area contributed by atoms with Gasteiger partial charge < -0.3 is 9.80 Å². The molecule has 2 saturated heterocycles. The summed E-state index contributed by atoms with van der Waals surface area (Å²) in [4.78, 5) is 21.9. The minimum atomic E-state index is 0.212. The lowest BCUT2D eigenvalue weighted by Gasteiger charge is -2.40. The van der Waals surface area contributed by atoms with E-state index < -0.39 is 0 Å². The van der Waals surface area contributed by atoms with E-state index in [4.69, 9.17) is 0 Å². The fraction of sp³-hybridized carbons (Fsp3) is 0.636. The van der Waals surface area contributed by atoms with Gasteiger partial charge in [0.1, 0.15) is 0 Å². The van der Waals surface area contributed by atoms with E-state index in [2.05, 4.69) is 22.0 Å². The molecular formula is C22H31N3O. The number of likely N-dealkylation sites (tertiary alicyclic amines) is 2. The van der Waals surface area contributed by atoms with Crippen molar-refractivity contribution in [2.24, 2.45) is 11.3 Å². The van der Waals surface area contributed by atoms with Crippen LogP contribution in [0.4, 0.5) is 0 Å². The average Bonchev–Trinajstić information content (AvgIpc) is 2.93. The molecule has 1 atom stereocenters. The van der Waals surface area contributed by atoms with Gasteiger partial charge in [0.05, 0.1) is 12.2 Å². The maximum absolute atomic E-state index is 12.6. The van der Waals surface area contributed by atoms with Gasteiger partial charge in [-0.1, -0.05) is 18.2 Å². The Morgan fingerprint density at radius 2 is 2.08 bits per heavy atom. The summed E-state index contributed by atoms with van der Waals surface area (Å²) >= 11 is 0. The van der Waals surface area contributed by atoms with E-state index in [1.54, 1.807) is 0 Å². The van der Waals surface area contributed by atoms with Crippen LogP contribution in [0, 0.1) is 18.3 Å². The first-order valence-electron chi connectivity index (χ1n) is 10.2. The Hall–Kier alpha value is -1.68. The first-order valence-corrected chi connectivity index (χ1v) is 10.2. The molecule has 4 nitrogen and oxygen atoms in total. The smallest absolute Gasteiger partial charge is 0.223 e. The molecule has 4 rings (SSSR count). The summed E-state index contributed by atoms with van der Waals surface area (Å²) in [6.45, 7) is 7.15. The van der Waals surface area contributed by atoms with Gasteiger partial charge in [-0.15, -0.1) is 0 Å². The summed E-state index contributed by atoms with van der Waals surface area (Å²) in [5.41, 5.74) is 2.25. The van der Waals surface area contributed by atoms with Crippen molar-refractivity contribution in [3.63, 3.8) is 0 Å². The van der Waals surface area contributed by atoms with Crippen molar-refractivity contribution in [1.82, 2.24) is 14.8 Å². The number of carbonyl (C=O) groups is 1. The van der Waals surface area contributed by atoms with E-state index in [1.165, 1.54) is 38.6 Å². The molecule has 3 heterocycles. The molecule has 0 unspecified atom stereocenters. The Kier molecular flexibility index (Phi) is 5.12. The van der Waals surface area contributed by atoms with Gasteiger partial charge in [-0.2, -0.15) is 0 Å². The highest BCUT2D eigenvalue weighted by Crippen LogP contribution is 2.41. The largest absolute Gasteiger partial charge is 0.336 e. The normalized spacial score (nSPS) is 26.0. The predicted molar refractivity (Wildman–Crippen MR) is 104 cm³/mol. The summed E-state index contributed by atoms with van der Waals surface area (Å²) in [5, 5.41) is 0. The van der Waals surface area contributed by atoms with Crippen LogP contribution in [0.3, 0.4) is 0 Å². The van der Waals surface area contributed by atoms with Gasteiger partial charge in [0, 0.05) is 25.2 Å². The van der Waals surface area contributed by atoms with Crippen molar-refractivity contribution in [2.75, 3.05) is 26.2 Å². The number of pyridine rings is 1. The molecule has 1 aliphatic carbocycles. The first-order chi connectivity index (χ1) is 12.6. The molecule has 0 saturated carbocycles. The Bertz CT molecular complexity index is 676. The predicted octanol–water partition coefficient (Wildman–Crippen LogP) is 3.56. The van der Waals surface area contributed by atoms with Crippen molar-refractivity contribution >= 4 is 5.91 Å². The van der Waals surface area contributed by atoms with Crippen LogP contribution in [0.1, 0.15) is 49.9 Å². The number of rotatable bonds is 4. The molecule has 1 aromatic heterocycles. The van der Waals surface area contributed by atoms with Gasteiger partial charge in [-0.05, 0) is 75.6 Å². The van der Waals surface area contributed by atoms with Crippen LogP contribution in [-0.2, 0) is 11.3 Å². The maximum Gasteiger partial charge on any atom is 0.223 e. The van der Waals surface area contributed by atoms with Crippen molar-refractivity contribution in [1.29, 1.82) is 0 Å². The lowest BCUT2D eigenvalue weighted by Crippen LogP contribution is -2.43. The van der Waals surface area contributed by atoms with Crippen LogP contribution in [0.2, 0.25) is 0 Å². The van der Waals surface area contributed by atoms with Gasteiger partial charge in [-0.3, -0.25) is 9.78 Å². The minimum absolute atomic E-state index is 0.212. The molecule has 1 spiro atoms. The second-order valence-corrected chi connectivity index (χ2v) is 8.65. The lowest BCUT2D eigenvalue weighted by molar-refractivity contribution is -0.128. The average molecular weight is 354 g/mol. The van der Waals surface area contributed by atoms with Gasteiger partial charge in [0.15, 0.2) is 0 Å². The molecule has 0 bridgehead atoms. The van der Waals surface area contributed by atoms with Gasteiger partial charge in [-0.25, -0.2) is 0 Å². The van der Waals surface area contributed by atoms with Gasteiger partial charge in [0.25, 0.3) is 0 Å². The van der Waals surface area contributed by atoms with Crippen molar-refractivity contribution in [2.45, 2.75) is 52.0 Å². The maximum atomic E-state index is 12.6. The molecule has 1 amide bonds. The highest BCUT2D eigenvalue weighted by Gasteiger charge is 2.44. The zero-order valence-corrected chi connectivity index (χ0v) is 16.0. The number of aryl methyl sites for hydroxylation is 1. The minimum Gasteiger partial charge on any atom is -0.336 e. The van der Waals surface area contributed by atoms with Crippen LogP contribution in [0.5, 0.6) is 0 Å². The number of piperidine rings is 1. The Labute approximate surface area is 157 Å². The number of aromatic nitrogens is 1. The monoisotopic (exact) mass is 353 g/mol. The number of allylic oxidation sites excluding steroid dienone is 2. The fourth-order valence-corrected chi connectivity index (χ4v) is 4.94. The Morgan fingerprint density at radius 1 is 1.23 bits per heavy atom. The molecular weight excluding hydrogens is 322 g/mol. The number of amides is 1. The van der Waals surface area contributed by atoms with Crippen molar-refractivity contribution < 1.29 is 4.79 Å². The van der Waals surface area contributed by atoms with Crippen molar-refractivity contribution in [3.8, 4) is 0 Å². The molecule has 4 heteroatoms. The zero-order valence-electron chi connectivity index (χ0n) is 16.0. The number of hydrogen-bond donors (Lipinski definition) is 0. The summed E-state index contributed by atoms with van der Waals surface area (Å²) < 4.78 is 0. The highest BCUT2D eigenvalue weighted by molar-refractivity contribution is 5.79.